The zero-order valence-corrected chi connectivity index (χ0v) is 18.3. The van der Waals surface area contributed by atoms with Crippen molar-refractivity contribution >= 4 is 22.6 Å². The Bertz CT molecular complexity index is 1170. The number of ether oxygens (including phenoxy) is 1. The van der Waals surface area contributed by atoms with Crippen molar-refractivity contribution in [3.8, 4) is 5.75 Å². The number of halogens is 1. The number of hydrogen-bond acceptors (Lipinski definition) is 5. The van der Waals surface area contributed by atoms with Crippen LogP contribution >= 0.6 is 11.6 Å². The van der Waals surface area contributed by atoms with Gasteiger partial charge in [-0.1, -0.05) is 37.1 Å². The third kappa shape index (κ3) is 4.13. The van der Waals surface area contributed by atoms with Gasteiger partial charge in [-0.05, 0) is 38.0 Å². The molecule has 0 saturated carbocycles. The van der Waals surface area contributed by atoms with Gasteiger partial charge in [-0.25, -0.2) is 9.78 Å². The minimum absolute atomic E-state index is 0.175. The Hall–Kier alpha value is -2.64. The van der Waals surface area contributed by atoms with Crippen molar-refractivity contribution in [2.75, 3.05) is 0 Å². The van der Waals surface area contributed by atoms with Crippen molar-refractivity contribution in [2.24, 2.45) is 7.05 Å². The fourth-order valence-electron chi connectivity index (χ4n) is 3.40. The molecule has 1 unspecified atom stereocenters. The van der Waals surface area contributed by atoms with Gasteiger partial charge in [-0.15, -0.1) is 0 Å². The summed E-state index contributed by atoms with van der Waals surface area (Å²) in [4.78, 5) is 30.4. The van der Waals surface area contributed by atoms with E-state index in [1.54, 1.807) is 31.3 Å². The molecule has 160 valence electrons. The number of aromatic nitrogens is 3. The minimum atomic E-state index is -1.16. The van der Waals surface area contributed by atoms with Crippen LogP contribution in [0.15, 0.2) is 40.1 Å². The van der Waals surface area contributed by atoms with E-state index >= 15 is 0 Å². The van der Waals surface area contributed by atoms with Crippen LogP contribution in [-0.4, -0.2) is 25.3 Å². The zero-order valence-electron chi connectivity index (χ0n) is 17.6. The monoisotopic (exact) mass is 431 g/mol. The van der Waals surface area contributed by atoms with Gasteiger partial charge in [-0.2, -0.15) is 0 Å². The van der Waals surface area contributed by atoms with Crippen molar-refractivity contribution in [1.82, 2.24) is 14.1 Å². The number of benzene rings is 1. The van der Waals surface area contributed by atoms with E-state index in [0.717, 1.165) is 6.42 Å². The molecule has 0 spiro atoms. The number of rotatable bonds is 7. The quantitative estimate of drug-likeness (QED) is 0.619. The fourth-order valence-corrected chi connectivity index (χ4v) is 3.53. The van der Waals surface area contributed by atoms with E-state index in [-0.39, 0.29) is 17.1 Å². The van der Waals surface area contributed by atoms with Crippen LogP contribution in [0.2, 0.25) is 5.02 Å². The summed E-state index contributed by atoms with van der Waals surface area (Å²) in [6, 6.07) is 6.72. The van der Waals surface area contributed by atoms with Gasteiger partial charge in [0.1, 0.15) is 17.5 Å². The summed E-state index contributed by atoms with van der Waals surface area (Å²) in [7, 11) is 1.57. The van der Waals surface area contributed by atoms with Crippen molar-refractivity contribution < 1.29 is 9.84 Å². The van der Waals surface area contributed by atoms with Gasteiger partial charge in [0, 0.05) is 24.2 Å². The van der Waals surface area contributed by atoms with Gasteiger partial charge in [0.15, 0.2) is 0 Å². The van der Waals surface area contributed by atoms with Crippen LogP contribution in [0.4, 0.5) is 0 Å². The summed E-state index contributed by atoms with van der Waals surface area (Å²) in [6.07, 6.45) is 1.61. The Morgan fingerprint density at radius 1 is 1.20 bits per heavy atom. The topological polar surface area (TPSA) is 86.3 Å². The number of aliphatic hydroxyl groups excluding tert-OH is 1. The largest absolute Gasteiger partial charge is 0.489 e. The third-order valence-electron chi connectivity index (χ3n) is 4.91. The summed E-state index contributed by atoms with van der Waals surface area (Å²) in [5.74, 6) is 0.303. The van der Waals surface area contributed by atoms with E-state index in [4.69, 9.17) is 16.3 Å². The lowest BCUT2D eigenvalue weighted by Gasteiger charge is -2.21. The van der Waals surface area contributed by atoms with Crippen LogP contribution in [-0.2, 0) is 13.6 Å². The van der Waals surface area contributed by atoms with Crippen LogP contribution in [0.5, 0.6) is 5.75 Å². The van der Waals surface area contributed by atoms with Crippen molar-refractivity contribution in [1.29, 1.82) is 0 Å². The first-order valence-corrected chi connectivity index (χ1v) is 10.4. The molecule has 0 radical (unpaired) electrons. The third-order valence-corrected chi connectivity index (χ3v) is 5.17. The Balaban J connectivity index is 2.38. The molecule has 2 aromatic heterocycles. The summed E-state index contributed by atoms with van der Waals surface area (Å²) in [5.41, 5.74) is 0.136. The molecule has 2 heterocycles. The second kappa shape index (κ2) is 9.02. The first kappa shape index (κ1) is 22.1. The number of aliphatic hydroxyl groups is 1. The molecular formula is C22H26ClN3O4. The molecule has 0 saturated heterocycles. The van der Waals surface area contributed by atoms with Crippen LogP contribution in [0.3, 0.4) is 0 Å². The lowest BCUT2D eigenvalue weighted by atomic mass is 9.98. The SMILES string of the molecule is CCCCn1c(=O)c2c(C(O)c3ccc(Cl)cc3)c(OC(C)C)cnc2n(C)c1=O. The van der Waals surface area contributed by atoms with E-state index in [1.165, 1.54) is 15.3 Å². The second-order valence-electron chi connectivity index (χ2n) is 7.51. The molecule has 1 N–H and O–H groups in total. The first-order valence-electron chi connectivity index (χ1n) is 9.98. The summed E-state index contributed by atoms with van der Waals surface area (Å²) < 4.78 is 8.42. The Morgan fingerprint density at radius 2 is 1.87 bits per heavy atom. The van der Waals surface area contributed by atoms with E-state index in [0.29, 0.717) is 34.9 Å². The van der Waals surface area contributed by atoms with E-state index < -0.39 is 17.4 Å². The molecule has 0 aliphatic carbocycles. The molecule has 0 fully saturated rings. The van der Waals surface area contributed by atoms with Crippen molar-refractivity contribution in [3.63, 3.8) is 0 Å². The van der Waals surface area contributed by atoms with Gasteiger partial charge in [-0.3, -0.25) is 13.9 Å². The van der Waals surface area contributed by atoms with Gasteiger partial charge in [0.05, 0.1) is 17.7 Å². The maximum absolute atomic E-state index is 13.4. The first-order chi connectivity index (χ1) is 14.3. The van der Waals surface area contributed by atoms with E-state index in [9.17, 15) is 14.7 Å². The molecular weight excluding hydrogens is 406 g/mol. The van der Waals surface area contributed by atoms with Crippen LogP contribution in [0, 0.1) is 0 Å². The van der Waals surface area contributed by atoms with Crippen molar-refractivity contribution in [2.45, 2.75) is 52.4 Å². The van der Waals surface area contributed by atoms with E-state index in [1.807, 2.05) is 20.8 Å². The van der Waals surface area contributed by atoms with Gasteiger partial charge in [0.25, 0.3) is 5.56 Å². The molecule has 0 aliphatic rings. The number of aryl methyl sites for hydroxylation is 1. The molecule has 1 aromatic carbocycles. The van der Waals surface area contributed by atoms with Crippen LogP contribution in [0.1, 0.15) is 50.8 Å². The highest BCUT2D eigenvalue weighted by atomic mass is 35.5. The number of pyridine rings is 1. The molecule has 3 rings (SSSR count). The molecule has 0 aliphatic heterocycles. The average Bonchev–Trinajstić information content (AvgIpc) is 2.71. The maximum Gasteiger partial charge on any atom is 0.332 e. The molecule has 0 amide bonds. The fraction of sp³-hybridized carbons (Fsp3) is 0.409. The van der Waals surface area contributed by atoms with Gasteiger partial charge < -0.3 is 9.84 Å². The molecule has 3 aromatic rings. The predicted octanol–water partition coefficient (Wildman–Crippen LogP) is 3.42. The lowest BCUT2D eigenvalue weighted by molar-refractivity contribution is 0.199. The zero-order chi connectivity index (χ0) is 22.0. The van der Waals surface area contributed by atoms with Crippen LogP contribution in [0.25, 0.3) is 11.0 Å². The predicted molar refractivity (Wildman–Crippen MR) is 117 cm³/mol. The van der Waals surface area contributed by atoms with Crippen molar-refractivity contribution in [3.05, 3.63) is 67.4 Å². The second-order valence-corrected chi connectivity index (χ2v) is 7.94. The maximum atomic E-state index is 13.4. The summed E-state index contributed by atoms with van der Waals surface area (Å²) in [6.45, 7) is 5.98. The minimum Gasteiger partial charge on any atom is -0.489 e. The van der Waals surface area contributed by atoms with Gasteiger partial charge >= 0.3 is 5.69 Å². The summed E-state index contributed by atoms with van der Waals surface area (Å²) >= 11 is 5.98. The number of fused-ring (bicyclic) bond motifs is 1. The highest BCUT2D eigenvalue weighted by Gasteiger charge is 2.25. The average molecular weight is 432 g/mol. The Kier molecular flexibility index (Phi) is 6.63. The number of unbranched alkanes of at least 4 members (excludes halogenated alkanes) is 1. The summed E-state index contributed by atoms with van der Waals surface area (Å²) in [5, 5.41) is 12.0. The van der Waals surface area contributed by atoms with E-state index in [2.05, 4.69) is 4.98 Å². The smallest absolute Gasteiger partial charge is 0.332 e. The number of hydrogen-bond donors (Lipinski definition) is 1. The highest BCUT2D eigenvalue weighted by molar-refractivity contribution is 6.30. The molecule has 1 atom stereocenters. The normalized spacial score (nSPS) is 12.5. The van der Waals surface area contributed by atoms with Crippen LogP contribution < -0.4 is 16.0 Å². The molecule has 0 bridgehead atoms. The Morgan fingerprint density at radius 3 is 2.47 bits per heavy atom. The molecule has 7 nitrogen and oxygen atoms in total. The molecule has 30 heavy (non-hydrogen) atoms. The molecule has 8 heteroatoms. The van der Waals surface area contributed by atoms with Gasteiger partial charge in [0.2, 0.25) is 0 Å². The lowest BCUT2D eigenvalue weighted by Crippen LogP contribution is -2.40. The highest BCUT2D eigenvalue weighted by Crippen LogP contribution is 2.34. The number of nitrogens with zero attached hydrogens (tertiary/aromatic N) is 3. The Labute approximate surface area is 179 Å². The standard InChI is InChI=1S/C22H26ClN3O4/c1-5-6-11-26-21(28)18-17(19(27)14-7-9-15(23)10-8-14)16(30-13(2)3)12-24-20(18)25(4)22(26)29/h7-10,12-13,19,27H,5-6,11H2,1-4H3.